The summed E-state index contributed by atoms with van der Waals surface area (Å²) in [4.78, 5) is 20.2. The zero-order chi connectivity index (χ0) is 30.6. The number of carbonyl (C=O) groups is 1. The van der Waals surface area contributed by atoms with E-state index in [-0.39, 0.29) is 18.1 Å². The molecular weight excluding hydrogens is 566 g/mol. The third-order valence-electron chi connectivity index (χ3n) is 8.87. The summed E-state index contributed by atoms with van der Waals surface area (Å²) in [5.74, 6) is 0.362. The number of aromatic nitrogens is 1. The van der Waals surface area contributed by atoms with Crippen LogP contribution in [0.2, 0.25) is 0 Å². The highest BCUT2D eigenvalue weighted by molar-refractivity contribution is 6.05. The van der Waals surface area contributed by atoms with E-state index in [0.717, 1.165) is 73.2 Å². The number of carbonyl (C=O) groups excluding carboxylic acids is 1. The van der Waals surface area contributed by atoms with Crippen LogP contribution in [-0.4, -0.2) is 55.9 Å². The number of nitrogens with one attached hydrogen (secondary N) is 2. The molecule has 1 aromatic heterocycles. The summed E-state index contributed by atoms with van der Waals surface area (Å²) in [7, 11) is 0. The van der Waals surface area contributed by atoms with Crippen LogP contribution in [0.5, 0.6) is 5.75 Å². The Morgan fingerprint density at radius 3 is 2.87 bits per heavy atom. The van der Waals surface area contributed by atoms with Crippen LogP contribution in [0.25, 0.3) is 10.9 Å². The molecule has 9 heteroatoms. The van der Waals surface area contributed by atoms with E-state index in [2.05, 4.69) is 50.9 Å². The molecule has 4 heterocycles. The number of rotatable bonds is 8. The van der Waals surface area contributed by atoms with Crippen LogP contribution in [0.1, 0.15) is 43.2 Å². The lowest BCUT2D eigenvalue weighted by Gasteiger charge is -2.29. The van der Waals surface area contributed by atoms with Crippen LogP contribution in [0.15, 0.2) is 83.7 Å². The van der Waals surface area contributed by atoms with Gasteiger partial charge < -0.3 is 29.7 Å². The fourth-order valence-electron chi connectivity index (χ4n) is 6.53. The predicted octanol–water partition coefficient (Wildman–Crippen LogP) is 5.53. The molecule has 2 fully saturated rings. The summed E-state index contributed by atoms with van der Waals surface area (Å²) in [6, 6.07) is 16.4. The van der Waals surface area contributed by atoms with Crippen molar-refractivity contribution in [2.24, 2.45) is 0 Å². The van der Waals surface area contributed by atoms with Gasteiger partial charge in [-0.1, -0.05) is 48.1 Å². The molecule has 3 aromatic rings. The number of benzene rings is 2. The molecule has 45 heavy (non-hydrogen) atoms. The van der Waals surface area contributed by atoms with Gasteiger partial charge in [0, 0.05) is 48.8 Å². The summed E-state index contributed by atoms with van der Waals surface area (Å²) in [6.07, 6.45) is 11.5. The minimum absolute atomic E-state index is 0.0744. The standard InChI is InChI=1S/C36H37N5O4/c37-20-27-21-39-31-19-34(45-29-11-15-43-23-29)32(40-35(42)16-24-8-12-38-13-9-24)18-30(31)36(27)41-14-10-26-6-7-28(17-33(26)41)44-22-25-4-2-1-3-5-25/h1-7,16,18-19,21,28-29,38H,8-15,17,22-23H2,(H,40,42). The molecule has 2 saturated heterocycles. The third kappa shape index (κ3) is 6.50. The molecule has 4 aliphatic rings. The minimum atomic E-state index is -0.188. The molecule has 1 aliphatic carbocycles. The molecule has 1 amide bonds. The Bertz CT molecular complexity index is 1710. The van der Waals surface area contributed by atoms with E-state index < -0.39 is 0 Å². The molecule has 0 bridgehead atoms. The monoisotopic (exact) mass is 603 g/mol. The Labute approximate surface area is 263 Å². The molecule has 0 radical (unpaired) electrons. The average Bonchev–Trinajstić information content (AvgIpc) is 3.74. The number of allylic oxidation sites excluding steroid dienone is 1. The zero-order valence-corrected chi connectivity index (χ0v) is 25.3. The molecule has 2 atom stereocenters. The van der Waals surface area contributed by atoms with E-state index in [1.165, 1.54) is 5.57 Å². The van der Waals surface area contributed by atoms with Gasteiger partial charge in [0.15, 0.2) is 0 Å². The normalized spacial score (nSPS) is 21.1. The van der Waals surface area contributed by atoms with Crippen LogP contribution in [0.4, 0.5) is 11.4 Å². The van der Waals surface area contributed by atoms with Crippen molar-refractivity contribution in [3.63, 3.8) is 0 Å². The number of anilines is 2. The smallest absolute Gasteiger partial charge is 0.248 e. The molecule has 2 N–H and O–H groups in total. The first-order valence-electron chi connectivity index (χ1n) is 15.8. The predicted molar refractivity (Wildman–Crippen MR) is 173 cm³/mol. The van der Waals surface area contributed by atoms with Crippen molar-refractivity contribution in [3.8, 4) is 11.8 Å². The second-order valence-electron chi connectivity index (χ2n) is 11.9. The van der Waals surface area contributed by atoms with Gasteiger partial charge in [0.25, 0.3) is 0 Å². The summed E-state index contributed by atoms with van der Waals surface area (Å²) in [5.41, 5.74) is 7.21. The van der Waals surface area contributed by atoms with Gasteiger partial charge in [0.1, 0.15) is 17.9 Å². The number of hydrogen-bond acceptors (Lipinski definition) is 8. The average molecular weight is 604 g/mol. The highest BCUT2D eigenvalue weighted by atomic mass is 16.5. The number of nitriles is 1. The van der Waals surface area contributed by atoms with Gasteiger partial charge in [-0.05, 0) is 49.6 Å². The Balaban J connectivity index is 1.22. The Kier molecular flexibility index (Phi) is 8.61. The largest absolute Gasteiger partial charge is 0.486 e. The van der Waals surface area contributed by atoms with Gasteiger partial charge in [-0.25, -0.2) is 0 Å². The van der Waals surface area contributed by atoms with Crippen LogP contribution in [0, 0.1) is 11.3 Å². The summed E-state index contributed by atoms with van der Waals surface area (Å²) < 4.78 is 18.2. The van der Waals surface area contributed by atoms with E-state index in [4.69, 9.17) is 14.2 Å². The van der Waals surface area contributed by atoms with E-state index in [1.54, 1.807) is 12.3 Å². The van der Waals surface area contributed by atoms with Crippen molar-refractivity contribution in [3.05, 3.63) is 94.9 Å². The van der Waals surface area contributed by atoms with Crippen molar-refractivity contribution in [1.82, 2.24) is 10.3 Å². The van der Waals surface area contributed by atoms with Gasteiger partial charge in [-0.3, -0.25) is 9.78 Å². The van der Waals surface area contributed by atoms with E-state index in [1.807, 2.05) is 30.3 Å². The van der Waals surface area contributed by atoms with Crippen LogP contribution < -0.4 is 20.3 Å². The Morgan fingerprint density at radius 2 is 2.07 bits per heavy atom. The number of pyridine rings is 1. The second-order valence-corrected chi connectivity index (χ2v) is 11.9. The summed E-state index contributed by atoms with van der Waals surface area (Å²) in [5, 5.41) is 17.5. The molecule has 9 nitrogen and oxygen atoms in total. The van der Waals surface area contributed by atoms with E-state index >= 15 is 0 Å². The number of amides is 1. The molecule has 7 rings (SSSR count). The van der Waals surface area contributed by atoms with Crippen LogP contribution in [-0.2, 0) is 20.9 Å². The van der Waals surface area contributed by atoms with Gasteiger partial charge >= 0.3 is 0 Å². The first-order valence-corrected chi connectivity index (χ1v) is 15.8. The van der Waals surface area contributed by atoms with Gasteiger partial charge in [-0.15, -0.1) is 0 Å². The van der Waals surface area contributed by atoms with Crippen molar-refractivity contribution in [1.29, 1.82) is 5.26 Å². The van der Waals surface area contributed by atoms with E-state index in [9.17, 15) is 10.1 Å². The zero-order valence-electron chi connectivity index (χ0n) is 25.3. The number of hydrogen-bond donors (Lipinski definition) is 2. The van der Waals surface area contributed by atoms with E-state index in [0.29, 0.717) is 48.8 Å². The van der Waals surface area contributed by atoms with Gasteiger partial charge in [-0.2, -0.15) is 5.26 Å². The topological polar surface area (TPSA) is 109 Å². The molecule has 230 valence electrons. The summed E-state index contributed by atoms with van der Waals surface area (Å²) >= 11 is 0. The molecular formula is C36H37N5O4. The van der Waals surface area contributed by atoms with Crippen molar-refractivity contribution in [2.45, 2.75) is 50.9 Å². The summed E-state index contributed by atoms with van der Waals surface area (Å²) in [6.45, 7) is 4.17. The highest BCUT2D eigenvalue weighted by Crippen LogP contribution is 2.43. The van der Waals surface area contributed by atoms with Crippen LogP contribution in [0.3, 0.4) is 0 Å². The lowest BCUT2D eigenvalue weighted by molar-refractivity contribution is -0.112. The number of ether oxygens (including phenoxy) is 3. The fourth-order valence-corrected chi connectivity index (χ4v) is 6.53. The maximum atomic E-state index is 13.3. The lowest BCUT2D eigenvalue weighted by atomic mass is 10.0. The molecule has 2 unspecified atom stereocenters. The molecule has 3 aliphatic heterocycles. The minimum Gasteiger partial charge on any atom is -0.486 e. The van der Waals surface area contributed by atoms with Crippen molar-refractivity contribution in [2.75, 3.05) is 43.1 Å². The number of fused-ring (bicyclic) bond motifs is 1. The van der Waals surface area contributed by atoms with Crippen molar-refractivity contribution < 1.29 is 19.0 Å². The SMILES string of the molecule is N#Cc1cnc2cc(OC3CCOC3)c(NC(=O)C=C3CCNCC3)cc2c1N1CCC2=C1CC(OCc1ccccc1)C=C2. The Hall–Kier alpha value is -4.49. The quantitative estimate of drug-likeness (QED) is 0.324. The third-order valence-corrected chi connectivity index (χ3v) is 8.87. The molecule has 0 spiro atoms. The first-order chi connectivity index (χ1) is 22.1. The van der Waals surface area contributed by atoms with Crippen molar-refractivity contribution >= 4 is 28.2 Å². The lowest BCUT2D eigenvalue weighted by Crippen LogP contribution is -2.25. The molecule has 0 saturated carbocycles. The van der Waals surface area contributed by atoms with Crippen LogP contribution >= 0.6 is 0 Å². The number of nitrogens with zero attached hydrogens (tertiary/aromatic N) is 3. The maximum Gasteiger partial charge on any atom is 0.248 e. The fraction of sp³-hybridized carbons (Fsp3) is 0.361. The highest BCUT2D eigenvalue weighted by Gasteiger charge is 2.31. The van der Waals surface area contributed by atoms with Gasteiger partial charge in [0.2, 0.25) is 5.91 Å². The maximum absolute atomic E-state index is 13.3. The molecule has 2 aromatic carbocycles. The van der Waals surface area contributed by atoms with Gasteiger partial charge in [0.05, 0.1) is 48.4 Å². The second kappa shape index (κ2) is 13.2. The Morgan fingerprint density at radius 1 is 1.20 bits per heavy atom. The first kappa shape index (κ1) is 29.2. The number of piperidine rings is 1.